The molecule has 9 nitrogen and oxygen atoms in total. The van der Waals surface area contributed by atoms with Crippen LogP contribution in [0.15, 0.2) is 36.4 Å². The monoisotopic (exact) mass is 470 g/mol. The van der Waals surface area contributed by atoms with Gasteiger partial charge in [-0.2, -0.15) is 16.9 Å². The van der Waals surface area contributed by atoms with Crippen molar-refractivity contribution in [3.05, 3.63) is 42.1 Å². The Morgan fingerprint density at radius 2 is 1.88 bits per heavy atom. The van der Waals surface area contributed by atoms with Crippen molar-refractivity contribution in [3.8, 4) is 11.3 Å². The number of urea groups is 1. The minimum Gasteiger partial charge on any atom is -0.356 e. The van der Waals surface area contributed by atoms with Crippen LogP contribution in [0, 0.1) is 0 Å². The second-order valence-corrected chi connectivity index (χ2v) is 9.63. The van der Waals surface area contributed by atoms with Crippen molar-refractivity contribution in [2.24, 2.45) is 0 Å². The van der Waals surface area contributed by atoms with Gasteiger partial charge in [-0.3, -0.25) is 14.7 Å². The van der Waals surface area contributed by atoms with Crippen molar-refractivity contribution >= 4 is 29.6 Å². The van der Waals surface area contributed by atoms with E-state index in [2.05, 4.69) is 31.5 Å². The molecule has 0 saturated carbocycles. The summed E-state index contributed by atoms with van der Waals surface area (Å²) in [5.41, 5.74) is 2.09. The van der Waals surface area contributed by atoms with Gasteiger partial charge in [0.2, 0.25) is 5.91 Å². The van der Waals surface area contributed by atoms with Crippen molar-refractivity contribution in [3.63, 3.8) is 0 Å². The number of carbonyl (C=O) groups excluding carboxylic acids is 3. The Kier molecular flexibility index (Phi) is 7.87. The third kappa shape index (κ3) is 6.28. The molecule has 33 heavy (non-hydrogen) atoms. The number of aromatic amines is 1. The van der Waals surface area contributed by atoms with Crippen molar-refractivity contribution < 1.29 is 14.4 Å². The van der Waals surface area contributed by atoms with E-state index >= 15 is 0 Å². The Labute approximate surface area is 197 Å². The molecular formula is C23H30N6O3S. The minimum atomic E-state index is -0.211. The van der Waals surface area contributed by atoms with Crippen LogP contribution in [0.3, 0.4) is 0 Å². The summed E-state index contributed by atoms with van der Waals surface area (Å²) in [5, 5.41) is 19.1. The van der Waals surface area contributed by atoms with Gasteiger partial charge in [0.15, 0.2) is 0 Å². The van der Waals surface area contributed by atoms with Gasteiger partial charge < -0.3 is 21.3 Å². The van der Waals surface area contributed by atoms with E-state index in [-0.39, 0.29) is 29.9 Å². The fraction of sp³-hybridized carbons (Fsp3) is 0.478. The highest BCUT2D eigenvalue weighted by Crippen LogP contribution is 2.33. The summed E-state index contributed by atoms with van der Waals surface area (Å²) in [5.74, 6) is 0.784. The molecule has 0 bridgehead atoms. The highest BCUT2D eigenvalue weighted by molar-refractivity contribution is 8.00. The number of nitrogens with zero attached hydrogens (tertiary/aromatic N) is 1. The lowest BCUT2D eigenvalue weighted by Gasteiger charge is -2.16. The van der Waals surface area contributed by atoms with Crippen LogP contribution in [0.4, 0.5) is 4.79 Å². The highest BCUT2D eigenvalue weighted by Gasteiger charge is 2.42. The van der Waals surface area contributed by atoms with Gasteiger partial charge in [0, 0.05) is 36.1 Å². The van der Waals surface area contributed by atoms with Gasteiger partial charge in [0.05, 0.1) is 17.8 Å². The normalized spacial score (nSPS) is 21.2. The molecular weight excluding hydrogens is 440 g/mol. The fourth-order valence-corrected chi connectivity index (χ4v) is 5.71. The predicted molar refractivity (Wildman–Crippen MR) is 128 cm³/mol. The number of nitrogens with one attached hydrogen (secondary N) is 5. The zero-order chi connectivity index (χ0) is 23.0. The van der Waals surface area contributed by atoms with Gasteiger partial charge in [-0.15, -0.1) is 0 Å². The molecule has 3 atom stereocenters. The van der Waals surface area contributed by atoms with Gasteiger partial charge in [-0.05, 0) is 25.3 Å². The van der Waals surface area contributed by atoms with Crippen LogP contribution >= 0.6 is 11.8 Å². The molecule has 0 spiro atoms. The topological polar surface area (TPSA) is 128 Å². The van der Waals surface area contributed by atoms with E-state index in [4.69, 9.17) is 0 Å². The van der Waals surface area contributed by atoms with E-state index in [1.165, 1.54) is 0 Å². The summed E-state index contributed by atoms with van der Waals surface area (Å²) in [4.78, 5) is 35.7. The Balaban J connectivity index is 1.04. The number of aromatic nitrogens is 2. The number of hydrogen-bond donors (Lipinski definition) is 5. The maximum absolute atomic E-state index is 12.3. The van der Waals surface area contributed by atoms with E-state index in [1.54, 1.807) is 6.07 Å². The molecule has 2 fully saturated rings. The first-order valence-corrected chi connectivity index (χ1v) is 12.5. The van der Waals surface area contributed by atoms with E-state index in [0.29, 0.717) is 36.9 Å². The van der Waals surface area contributed by atoms with E-state index in [9.17, 15) is 14.4 Å². The number of H-pyrrole nitrogens is 1. The lowest BCUT2D eigenvalue weighted by Crippen LogP contribution is -2.36. The SMILES string of the molecule is O=C(CCCC[C@@H]1SC[C@@H]2NC(=O)N[C@@H]21)NCCCNC(=O)c1cc(-c2ccccc2)n[nH]1. The standard InChI is InChI=1S/C23H30N6O3S/c30-20(10-5-4-9-19-21-18(14-33-19)26-23(32)27-21)24-11-6-12-25-22(31)17-13-16(28-29-17)15-7-2-1-3-8-15/h1-3,7-8,13,18-19,21H,4-6,9-12,14H2,(H,24,30)(H,25,31)(H,28,29)(H2,26,27,32)/t18-,19-,21-/m0/s1. The molecule has 4 rings (SSSR count). The molecule has 4 amide bonds. The third-order valence-electron chi connectivity index (χ3n) is 5.93. The summed E-state index contributed by atoms with van der Waals surface area (Å²) in [7, 11) is 0. The number of hydrogen-bond acceptors (Lipinski definition) is 5. The molecule has 5 N–H and O–H groups in total. The molecule has 0 radical (unpaired) electrons. The zero-order valence-corrected chi connectivity index (χ0v) is 19.2. The van der Waals surface area contributed by atoms with Crippen LogP contribution in [0.1, 0.15) is 42.6 Å². The minimum absolute atomic E-state index is 0.0372. The number of unbranched alkanes of at least 4 members (excludes halogenated alkanes) is 1. The van der Waals surface area contributed by atoms with E-state index in [0.717, 1.165) is 36.3 Å². The highest BCUT2D eigenvalue weighted by atomic mass is 32.2. The van der Waals surface area contributed by atoms with Crippen LogP contribution in [0.25, 0.3) is 11.3 Å². The average Bonchev–Trinajstić information content (AvgIpc) is 3.54. The lowest BCUT2D eigenvalue weighted by atomic mass is 10.0. The molecule has 2 aliphatic rings. The number of fused-ring (bicyclic) bond motifs is 1. The van der Waals surface area contributed by atoms with Crippen LogP contribution < -0.4 is 21.3 Å². The second-order valence-electron chi connectivity index (χ2n) is 8.36. The quantitative estimate of drug-likeness (QED) is 0.254. The molecule has 0 aliphatic carbocycles. The first-order valence-electron chi connectivity index (χ1n) is 11.4. The molecule has 2 aliphatic heterocycles. The summed E-state index contributed by atoms with van der Waals surface area (Å²) in [6.07, 6.45) is 3.97. The number of amides is 4. The summed E-state index contributed by atoms with van der Waals surface area (Å²) >= 11 is 1.90. The second kappa shape index (κ2) is 11.2. The molecule has 1 aromatic heterocycles. The van der Waals surface area contributed by atoms with Crippen molar-refractivity contribution in [1.82, 2.24) is 31.5 Å². The lowest BCUT2D eigenvalue weighted by molar-refractivity contribution is -0.121. The third-order valence-corrected chi connectivity index (χ3v) is 7.44. The van der Waals surface area contributed by atoms with Crippen LogP contribution in [-0.4, -0.2) is 64.2 Å². The molecule has 176 valence electrons. The van der Waals surface area contributed by atoms with Gasteiger partial charge in [0.25, 0.3) is 5.91 Å². The average molecular weight is 471 g/mol. The summed E-state index contributed by atoms with van der Waals surface area (Å²) < 4.78 is 0. The number of carbonyl (C=O) groups is 3. The molecule has 2 aromatic rings. The van der Waals surface area contributed by atoms with Crippen molar-refractivity contribution in [2.75, 3.05) is 18.8 Å². The Bertz CT molecular complexity index is 966. The Morgan fingerprint density at radius 1 is 1.06 bits per heavy atom. The van der Waals surface area contributed by atoms with E-state index < -0.39 is 0 Å². The maximum atomic E-state index is 12.3. The maximum Gasteiger partial charge on any atom is 0.315 e. The zero-order valence-electron chi connectivity index (χ0n) is 18.4. The predicted octanol–water partition coefficient (Wildman–Crippen LogP) is 2.04. The van der Waals surface area contributed by atoms with Crippen LogP contribution in [-0.2, 0) is 4.79 Å². The number of benzene rings is 1. The van der Waals surface area contributed by atoms with Crippen LogP contribution in [0.5, 0.6) is 0 Å². The summed E-state index contributed by atoms with van der Waals surface area (Å²) in [6, 6.07) is 11.8. The molecule has 2 saturated heterocycles. The molecule has 3 heterocycles. The molecule has 0 unspecified atom stereocenters. The van der Waals surface area contributed by atoms with Gasteiger partial charge in [-0.25, -0.2) is 4.79 Å². The smallest absolute Gasteiger partial charge is 0.315 e. The molecule has 1 aromatic carbocycles. The fourth-order valence-electron chi connectivity index (χ4n) is 4.17. The number of thioether (sulfide) groups is 1. The van der Waals surface area contributed by atoms with Crippen LogP contribution in [0.2, 0.25) is 0 Å². The van der Waals surface area contributed by atoms with Gasteiger partial charge in [-0.1, -0.05) is 36.8 Å². The largest absolute Gasteiger partial charge is 0.356 e. The Morgan fingerprint density at radius 3 is 2.73 bits per heavy atom. The first-order chi connectivity index (χ1) is 16.1. The Hall–Kier alpha value is -3.01. The van der Waals surface area contributed by atoms with Gasteiger partial charge >= 0.3 is 6.03 Å². The molecule has 10 heteroatoms. The van der Waals surface area contributed by atoms with E-state index in [1.807, 2.05) is 42.1 Å². The summed E-state index contributed by atoms with van der Waals surface area (Å²) in [6.45, 7) is 0.997. The van der Waals surface area contributed by atoms with Crippen molar-refractivity contribution in [1.29, 1.82) is 0 Å². The van der Waals surface area contributed by atoms with Gasteiger partial charge in [0.1, 0.15) is 5.69 Å². The number of rotatable bonds is 11. The van der Waals surface area contributed by atoms with Crippen molar-refractivity contribution in [2.45, 2.75) is 49.4 Å². The first kappa shape index (κ1) is 23.2.